The van der Waals surface area contributed by atoms with Crippen LogP contribution in [-0.2, 0) is 16.4 Å². The van der Waals surface area contributed by atoms with Gasteiger partial charge in [-0.1, -0.05) is 6.92 Å². The number of nitrogens with zero attached hydrogens (tertiary/aromatic N) is 1. The Morgan fingerprint density at radius 3 is 2.81 bits per heavy atom. The smallest absolute Gasteiger partial charge is 0.246 e. The lowest BCUT2D eigenvalue weighted by molar-refractivity contribution is 0.251. The molecule has 0 unspecified atom stereocenters. The first-order chi connectivity index (χ1) is 10.0. The summed E-state index contributed by atoms with van der Waals surface area (Å²) in [6, 6.07) is 3.21. The summed E-state index contributed by atoms with van der Waals surface area (Å²) in [5, 5.41) is 9.10. The van der Waals surface area contributed by atoms with E-state index in [2.05, 4.69) is 0 Å². The minimum absolute atomic E-state index is 0.0692. The van der Waals surface area contributed by atoms with E-state index >= 15 is 0 Å². The molecule has 0 amide bonds. The van der Waals surface area contributed by atoms with Crippen molar-refractivity contribution in [1.29, 1.82) is 0 Å². The van der Waals surface area contributed by atoms with Crippen molar-refractivity contribution < 1.29 is 18.3 Å². The molecule has 0 bridgehead atoms. The summed E-state index contributed by atoms with van der Waals surface area (Å²) in [4.78, 5) is 0.110. The van der Waals surface area contributed by atoms with Crippen molar-refractivity contribution in [2.75, 3.05) is 32.0 Å². The van der Waals surface area contributed by atoms with Crippen molar-refractivity contribution in [3.63, 3.8) is 0 Å². The number of aryl methyl sites for hydroxylation is 1. The van der Waals surface area contributed by atoms with E-state index in [9.17, 15) is 8.42 Å². The highest BCUT2D eigenvalue weighted by molar-refractivity contribution is 7.89. The van der Waals surface area contributed by atoms with E-state index in [4.69, 9.17) is 15.6 Å². The standard InChI is InChI=1S/C14H22N2O4S/c1-2-5-16(6-7-17)21(18,19)13-10-12(15)9-11-4-3-8-20-14(11)13/h9-10,17H,2-8,15H2,1H3. The van der Waals surface area contributed by atoms with Crippen molar-refractivity contribution in [2.24, 2.45) is 0 Å². The third-order valence-electron chi connectivity index (χ3n) is 3.43. The molecule has 1 aliphatic rings. The lowest BCUT2D eigenvalue weighted by Gasteiger charge is -2.25. The van der Waals surface area contributed by atoms with Crippen molar-refractivity contribution >= 4 is 15.7 Å². The van der Waals surface area contributed by atoms with Crippen LogP contribution in [0.3, 0.4) is 0 Å². The second-order valence-electron chi connectivity index (χ2n) is 5.09. The van der Waals surface area contributed by atoms with Gasteiger partial charge in [0, 0.05) is 18.8 Å². The van der Waals surface area contributed by atoms with Gasteiger partial charge >= 0.3 is 0 Å². The number of rotatable bonds is 6. The number of nitrogen functional groups attached to an aromatic ring is 1. The molecule has 0 spiro atoms. The van der Waals surface area contributed by atoms with Crippen LogP contribution in [0.1, 0.15) is 25.3 Å². The molecule has 2 rings (SSSR count). The number of hydrogen-bond acceptors (Lipinski definition) is 5. The average Bonchev–Trinajstić information content (AvgIpc) is 2.46. The molecule has 6 nitrogen and oxygen atoms in total. The normalized spacial score (nSPS) is 14.8. The quantitative estimate of drug-likeness (QED) is 0.764. The van der Waals surface area contributed by atoms with E-state index < -0.39 is 10.0 Å². The highest BCUT2D eigenvalue weighted by atomic mass is 32.2. The Labute approximate surface area is 125 Å². The van der Waals surface area contributed by atoms with Crippen LogP contribution in [0, 0.1) is 0 Å². The molecule has 118 valence electrons. The number of sulfonamides is 1. The topological polar surface area (TPSA) is 92.9 Å². The molecule has 0 atom stereocenters. The number of hydrogen-bond donors (Lipinski definition) is 2. The molecule has 7 heteroatoms. The Balaban J connectivity index is 2.50. The Kier molecular flexibility index (Phi) is 5.08. The summed E-state index contributed by atoms with van der Waals surface area (Å²) < 4.78 is 32.5. The Morgan fingerprint density at radius 2 is 2.14 bits per heavy atom. The van der Waals surface area contributed by atoms with Crippen molar-refractivity contribution in [1.82, 2.24) is 4.31 Å². The van der Waals surface area contributed by atoms with E-state index in [0.717, 1.165) is 18.4 Å². The minimum Gasteiger partial charge on any atom is -0.492 e. The first-order valence-corrected chi connectivity index (χ1v) is 8.61. The number of ether oxygens (including phenoxy) is 1. The first-order valence-electron chi connectivity index (χ1n) is 7.17. The fourth-order valence-electron chi connectivity index (χ4n) is 2.51. The maximum Gasteiger partial charge on any atom is 0.246 e. The molecule has 1 aromatic carbocycles. The lowest BCUT2D eigenvalue weighted by Crippen LogP contribution is -2.35. The number of fused-ring (bicyclic) bond motifs is 1. The third kappa shape index (κ3) is 3.30. The maximum atomic E-state index is 12.8. The van der Waals surface area contributed by atoms with Gasteiger partial charge in [-0.15, -0.1) is 0 Å². The molecule has 0 radical (unpaired) electrons. The largest absolute Gasteiger partial charge is 0.492 e. The van der Waals surface area contributed by atoms with E-state index in [-0.39, 0.29) is 18.0 Å². The van der Waals surface area contributed by atoms with Crippen LogP contribution < -0.4 is 10.5 Å². The highest BCUT2D eigenvalue weighted by Gasteiger charge is 2.30. The summed E-state index contributed by atoms with van der Waals surface area (Å²) in [6.07, 6.45) is 2.28. The molecule has 0 aromatic heterocycles. The summed E-state index contributed by atoms with van der Waals surface area (Å²) in [5.41, 5.74) is 7.09. The van der Waals surface area contributed by atoms with Gasteiger partial charge in [0.15, 0.2) is 0 Å². The predicted molar refractivity (Wildman–Crippen MR) is 80.8 cm³/mol. The lowest BCUT2D eigenvalue weighted by atomic mass is 10.1. The zero-order valence-corrected chi connectivity index (χ0v) is 13.0. The molecule has 0 fully saturated rings. The van der Waals surface area contributed by atoms with E-state index in [1.165, 1.54) is 10.4 Å². The Bertz CT molecular complexity index is 595. The number of aliphatic hydroxyl groups is 1. The Hall–Kier alpha value is -1.31. The summed E-state index contributed by atoms with van der Waals surface area (Å²) in [7, 11) is -3.72. The van der Waals surface area contributed by atoms with E-state index in [0.29, 0.717) is 31.0 Å². The van der Waals surface area contributed by atoms with Crippen molar-refractivity contribution in [2.45, 2.75) is 31.1 Å². The molecular weight excluding hydrogens is 292 g/mol. The summed E-state index contributed by atoms with van der Waals surface area (Å²) in [5.74, 6) is 0.412. The molecule has 21 heavy (non-hydrogen) atoms. The first kappa shape index (κ1) is 16.1. The van der Waals surface area contributed by atoms with Gasteiger partial charge in [-0.05, 0) is 37.0 Å². The van der Waals surface area contributed by atoms with Crippen LogP contribution >= 0.6 is 0 Å². The Morgan fingerprint density at radius 1 is 1.38 bits per heavy atom. The van der Waals surface area contributed by atoms with Gasteiger partial charge in [0.1, 0.15) is 10.6 Å². The monoisotopic (exact) mass is 314 g/mol. The van der Waals surface area contributed by atoms with Gasteiger partial charge in [-0.25, -0.2) is 8.42 Å². The summed E-state index contributed by atoms with van der Waals surface area (Å²) >= 11 is 0. The second kappa shape index (κ2) is 6.64. The van der Waals surface area contributed by atoms with Gasteiger partial charge in [0.05, 0.1) is 13.2 Å². The number of nitrogens with two attached hydrogens (primary N) is 1. The molecule has 1 aliphatic heterocycles. The predicted octanol–water partition coefficient (Wildman–Crippen LogP) is 0.987. The number of aliphatic hydroxyl groups excluding tert-OH is 1. The molecule has 1 aromatic rings. The third-order valence-corrected chi connectivity index (χ3v) is 5.34. The molecule has 1 heterocycles. The van der Waals surface area contributed by atoms with Crippen molar-refractivity contribution in [3.8, 4) is 5.75 Å². The van der Waals surface area contributed by atoms with Gasteiger partial charge < -0.3 is 15.6 Å². The van der Waals surface area contributed by atoms with Crippen LogP contribution in [0.2, 0.25) is 0 Å². The van der Waals surface area contributed by atoms with Crippen LogP contribution in [-0.4, -0.2) is 44.1 Å². The molecule has 0 saturated heterocycles. The second-order valence-corrected chi connectivity index (χ2v) is 6.99. The minimum atomic E-state index is -3.72. The van der Waals surface area contributed by atoms with Crippen LogP contribution in [0.5, 0.6) is 5.75 Å². The van der Waals surface area contributed by atoms with Gasteiger partial charge in [-0.2, -0.15) is 4.31 Å². The van der Waals surface area contributed by atoms with Crippen LogP contribution in [0.4, 0.5) is 5.69 Å². The zero-order chi connectivity index (χ0) is 15.5. The van der Waals surface area contributed by atoms with Crippen LogP contribution in [0.15, 0.2) is 17.0 Å². The zero-order valence-electron chi connectivity index (χ0n) is 12.2. The summed E-state index contributed by atoms with van der Waals surface area (Å²) in [6.45, 7) is 2.61. The van der Waals surface area contributed by atoms with Gasteiger partial charge in [-0.3, -0.25) is 0 Å². The number of anilines is 1. The molecule has 3 N–H and O–H groups in total. The van der Waals surface area contributed by atoms with Gasteiger partial charge in [0.2, 0.25) is 10.0 Å². The van der Waals surface area contributed by atoms with Gasteiger partial charge in [0.25, 0.3) is 0 Å². The van der Waals surface area contributed by atoms with Crippen molar-refractivity contribution in [3.05, 3.63) is 17.7 Å². The highest BCUT2D eigenvalue weighted by Crippen LogP contribution is 2.36. The molecule has 0 saturated carbocycles. The fraction of sp³-hybridized carbons (Fsp3) is 0.571. The van der Waals surface area contributed by atoms with Crippen LogP contribution in [0.25, 0.3) is 0 Å². The fourth-order valence-corrected chi connectivity index (χ4v) is 4.25. The average molecular weight is 314 g/mol. The maximum absolute atomic E-state index is 12.8. The molecular formula is C14H22N2O4S. The SMILES string of the molecule is CCCN(CCO)S(=O)(=O)c1cc(N)cc2c1OCCC2. The number of benzene rings is 1. The van der Waals surface area contributed by atoms with E-state index in [1.54, 1.807) is 6.07 Å². The molecule has 0 aliphatic carbocycles. The van der Waals surface area contributed by atoms with E-state index in [1.807, 2.05) is 6.92 Å².